The fourth-order valence-electron chi connectivity index (χ4n) is 1.59. The minimum Gasteiger partial charge on any atom is -0.350 e. The summed E-state index contributed by atoms with van der Waals surface area (Å²) < 4.78 is 23.4. The summed E-state index contributed by atoms with van der Waals surface area (Å²) in [5.74, 6) is -0.279. The van der Waals surface area contributed by atoms with Crippen LogP contribution in [0.15, 0.2) is 0 Å². The molecule has 0 bridgehead atoms. The molecule has 0 aromatic carbocycles. The van der Waals surface area contributed by atoms with Gasteiger partial charge in [0.2, 0.25) is 5.91 Å². The van der Waals surface area contributed by atoms with Crippen LogP contribution >= 0.6 is 0 Å². The number of carbonyl (C=O) groups is 1. The predicted octanol–water partition coefficient (Wildman–Crippen LogP) is 0.900. The molecule has 1 fully saturated rings. The summed E-state index contributed by atoms with van der Waals surface area (Å²) in [7, 11) is 0. The molecule has 2 N–H and O–H groups in total. The van der Waals surface area contributed by atoms with E-state index in [9.17, 15) is 13.6 Å². The minimum atomic E-state index is -2.46. The molecule has 1 heterocycles. The number of rotatable bonds is 5. The minimum absolute atomic E-state index is 0.279. The van der Waals surface area contributed by atoms with E-state index in [1.54, 1.807) is 0 Å². The predicted molar refractivity (Wildman–Crippen MR) is 49.3 cm³/mol. The van der Waals surface area contributed by atoms with Crippen LogP contribution in [0.4, 0.5) is 8.78 Å². The summed E-state index contributed by atoms with van der Waals surface area (Å²) in [4.78, 5) is 11.0. The van der Waals surface area contributed by atoms with Gasteiger partial charge >= 0.3 is 0 Å². The highest BCUT2D eigenvalue weighted by Crippen LogP contribution is 2.10. The highest BCUT2D eigenvalue weighted by atomic mass is 19.3. The molecule has 0 radical (unpaired) electrons. The molecule has 0 aliphatic carbocycles. The van der Waals surface area contributed by atoms with Gasteiger partial charge in [0.1, 0.15) is 0 Å². The van der Waals surface area contributed by atoms with E-state index >= 15 is 0 Å². The monoisotopic (exact) mass is 206 g/mol. The lowest BCUT2D eigenvalue weighted by atomic mass is 10.1. The summed E-state index contributed by atoms with van der Waals surface area (Å²) in [6.45, 7) is 0.472. The molecule has 1 rings (SSSR count). The van der Waals surface area contributed by atoms with Crippen molar-refractivity contribution in [3.63, 3.8) is 0 Å². The SMILES string of the molecule is O=C(CCC1CCCN1)NCC(F)F. The highest BCUT2D eigenvalue weighted by Gasteiger charge is 2.15. The number of halogens is 2. The van der Waals surface area contributed by atoms with Crippen molar-refractivity contribution in [1.29, 1.82) is 0 Å². The molecular formula is C9H16F2N2O. The molecule has 1 atom stereocenters. The Hall–Kier alpha value is -0.710. The van der Waals surface area contributed by atoms with Crippen LogP contribution in [0.2, 0.25) is 0 Å². The first kappa shape index (κ1) is 11.4. The first-order valence-corrected chi connectivity index (χ1v) is 4.96. The van der Waals surface area contributed by atoms with Crippen molar-refractivity contribution in [1.82, 2.24) is 10.6 Å². The lowest BCUT2D eigenvalue weighted by Crippen LogP contribution is -2.30. The van der Waals surface area contributed by atoms with Gasteiger partial charge in [0.15, 0.2) is 0 Å². The maximum Gasteiger partial charge on any atom is 0.255 e. The van der Waals surface area contributed by atoms with E-state index in [4.69, 9.17) is 0 Å². The van der Waals surface area contributed by atoms with Gasteiger partial charge < -0.3 is 10.6 Å². The standard InChI is InChI=1S/C9H16F2N2O/c10-8(11)6-13-9(14)4-3-7-2-1-5-12-7/h7-8,12H,1-6H2,(H,13,14). The molecule has 0 spiro atoms. The molecule has 1 aliphatic rings. The van der Waals surface area contributed by atoms with Gasteiger partial charge in [0.25, 0.3) is 6.43 Å². The van der Waals surface area contributed by atoms with Crippen LogP contribution in [-0.4, -0.2) is 31.5 Å². The molecule has 1 amide bonds. The second kappa shape index (κ2) is 5.90. The summed E-state index contributed by atoms with van der Waals surface area (Å²) in [6, 6.07) is 0.396. The van der Waals surface area contributed by atoms with Crippen molar-refractivity contribution in [2.24, 2.45) is 0 Å². The average Bonchev–Trinajstić information content (AvgIpc) is 2.63. The normalized spacial score (nSPS) is 21.5. The Morgan fingerprint density at radius 1 is 1.57 bits per heavy atom. The Kier molecular flexibility index (Phi) is 4.79. The maximum absolute atomic E-state index is 11.7. The van der Waals surface area contributed by atoms with Crippen LogP contribution < -0.4 is 10.6 Å². The smallest absolute Gasteiger partial charge is 0.255 e. The maximum atomic E-state index is 11.7. The van der Waals surface area contributed by atoms with Gasteiger partial charge in [-0.15, -0.1) is 0 Å². The van der Waals surface area contributed by atoms with Crippen molar-refractivity contribution in [3.8, 4) is 0 Å². The summed E-state index contributed by atoms with van der Waals surface area (Å²) >= 11 is 0. The van der Waals surface area contributed by atoms with Crippen LogP contribution in [0.3, 0.4) is 0 Å². The molecule has 5 heteroatoms. The number of hydrogen-bond donors (Lipinski definition) is 2. The third-order valence-electron chi connectivity index (χ3n) is 2.34. The zero-order valence-corrected chi connectivity index (χ0v) is 8.06. The van der Waals surface area contributed by atoms with Crippen LogP contribution in [0.5, 0.6) is 0 Å². The van der Waals surface area contributed by atoms with Gasteiger partial charge in [-0.1, -0.05) is 0 Å². The van der Waals surface area contributed by atoms with Crippen molar-refractivity contribution in [2.75, 3.05) is 13.1 Å². The number of alkyl halides is 2. The molecule has 1 aliphatic heterocycles. The lowest BCUT2D eigenvalue weighted by molar-refractivity contribution is -0.121. The van der Waals surface area contributed by atoms with Crippen LogP contribution in [0.1, 0.15) is 25.7 Å². The third kappa shape index (κ3) is 4.50. The average molecular weight is 206 g/mol. The van der Waals surface area contributed by atoms with Crippen molar-refractivity contribution < 1.29 is 13.6 Å². The third-order valence-corrected chi connectivity index (χ3v) is 2.34. The fourth-order valence-corrected chi connectivity index (χ4v) is 1.59. The van der Waals surface area contributed by atoms with E-state index in [2.05, 4.69) is 10.6 Å². The second-order valence-electron chi connectivity index (χ2n) is 3.53. The summed E-state index contributed by atoms with van der Waals surface area (Å²) in [6.07, 6.45) is 0.855. The van der Waals surface area contributed by atoms with Crippen molar-refractivity contribution in [3.05, 3.63) is 0 Å². The van der Waals surface area contributed by atoms with Gasteiger partial charge in [-0.3, -0.25) is 4.79 Å². The zero-order valence-electron chi connectivity index (χ0n) is 8.06. The molecule has 1 unspecified atom stereocenters. The van der Waals surface area contributed by atoms with E-state index in [0.29, 0.717) is 12.5 Å². The Balaban J connectivity index is 2.02. The van der Waals surface area contributed by atoms with E-state index in [1.165, 1.54) is 0 Å². The first-order valence-electron chi connectivity index (χ1n) is 4.96. The number of carbonyl (C=O) groups excluding carboxylic acids is 1. The summed E-state index contributed by atoms with van der Waals surface area (Å²) in [5.41, 5.74) is 0. The van der Waals surface area contributed by atoms with E-state index in [-0.39, 0.29) is 5.91 Å². The molecule has 1 saturated heterocycles. The molecule has 3 nitrogen and oxygen atoms in total. The van der Waals surface area contributed by atoms with E-state index in [1.807, 2.05) is 0 Å². The van der Waals surface area contributed by atoms with Gasteiger partial charge in [0.05, 0.1) is 6.54 Å². The van der Waals surface area contributed by atoms with Crippen molar-refractivity contribution >= 4 is 5.91 Å². The molecule has 0 saturated carbocycles. The number of nitrogens with one attached hydrogen (secondary N) is 2. The van der Waals surface area contributed by atoms with Crippen LogP contribution in [0.25, 0.3) is 0 Å². The summed E-state index contributed by atoms with van der Waals surface area (Å²) in [5, 5.41) is 5.44. The van der Waals surface area contributed by atoms with Gasteiger partial charge in [-0.2, -0.15) is 0 Å². The lowest BCUT2D eigenvalue weighted by Gasteiger charge is -2.09. The fraction of sp³-hybridized carbons (Fsp3) is 0.889. The molecule has 14 heavy (non-hydrogen) atoms. The number of amides is 1. The van der Waals surface area contributed by atoms with Gasteiger partial charge in [-0.05, 0) is 25.8 Å². The second-order valence-corrected chi connectivity index (χ2v) is 3.53. The number of hydrogen-bond acceptors (Lipinski definition) is 2. The van der Waals surface area contributed by atoms with Crippen LogP contribution in [-0.2, 0) is 4.79 Å². The molecule has 82 valence electrons. The Morgan fingerprint density at radius 2 is 2.36 bits per heavy atom. The Morgan fingerprint density at radius 3 is 2.93 bits per heavy atom. The molecular weight excluding hydrogens is 190 g/mol. The quantitative estimate of drug-likeness (QED) is 0.701. The highest BCUT2D eigenvalue weighted by molar-refractivity contribution is 5.75. The molecule has 0 aromatic heterocycles. The van der Waals surface area contributed by atoms with E-state index in [0.717, 1.165) is 25.8 Å². The zero-order chi connectivity index (χ0) is 10.4. The largest absolute Gasteiger partial charge is 0.350 e. The topological polar surface area (TPSA) is 41.1 Å². The Bertz CT molecular complexity index is 182. The first-order chi connectivity index (χ1) is 6.68. The molecule has 0 aromatic rings. The van der Waals surface area contributed by atoms with Crippen LogP contribution in [0, 0.1) is 0 Å². The van der Waals surface area contributed by atoms with Crippen molar-refractivity contribution in [2.45, 2.75) is 38.2 Å². The van der Waals surface area contributed by atoms with E-state index < -0.39 is 13.0 Å². The van der Waals surface area contributed by atoms with Gasteiger partial charge in [0, 0.05) is 12.5 Å². The van der Waals surface area contributed by atoms with Gasteiger partial charge in [-0.25, -0.2) is 8.78 Å². The Labute approximate surface area is 82.2 Å².